The van der Waals surface area contributed by atoms with E-state index in [9.17, 15) is 9.59 Å². The molecule has 0 saturated heterocycles. The maximum atomic E-state index is 10.3. The van der Waals surface area contributed by atoms with Crippen LogP contribution < -0.4 is 5.73 Å². The van der Waals surface area contributed by atoms with Crippen LogP contribution in [0, 0.1) is 0 Å². The molecule has 1 aliphatic rings. The highest BCUT2D eigenvalue weighted by molar-refractivity contribution is 6.14. The van der Waals surface area contributed by atoms with Crippen molar-refractivity contribution in [2.24, 2.45) is 0 Å². The first kappa shape index (κ1) is 14.1. The minimum atomic E-state index is -0.121. The minimum Gasteiger partial charge on any atom is -0.397 e. The summed E-state index contributed by atoms with van der Waals surface area (Å²) >= 11 is 0. The fourth-order valence-corrected chi connectivity index (χ4v) is 0.816. The Bertz CT molecular complexity index is 375. The molecule has 1 heterocycles. The molecule has 1 aromatic heterocycles. The van der Waals surface area contributed by atoms with Gasteiger partial charge < -0.3 is 5.73 Å². The summed E-state index contributed by atoms with van der Waals surface area (Å²) < 4.78 is 0. The lowest BCUT2D eigenvalue weighted by Gasteiger charge is -1.87. The van der Waals surface area contributed by atoms with Crippen LogP contribution in [0.25, 0.3) is 0 Å². The quantitative estimate of drug-likeness (QED) is 0.692. The Hall–Kier alpha value is -1.94. The van der Waals surface area contributed by atoms with Crippen LogP contribution in [0.3, 0.4) is 0 Å². The summed E-state index contributed by atoms with van der Waals surface area (Å²) in [5.74, 6) is -0.241. The Morgan fingerprint density at radius 2 is 1.50 bits per heavy atom. The highest BCUT2D eigenvalue weighted by atomic mass is 35.5. The van der Waals surface area contributed by atoms with Crippen LogP contribution in [0.4, 0.5) is 5.69 Å². The fourth-order valence-electron chi connectivity index (χ4n) is 0.816. The molecular weight excluding hydrogens is 228 g/mol. The van der Waals surface area contributed by atoms with E-state index in [0.717, 1.165) is 0 Å². The summed E-state index contributed by atoms with van der Waals surface area (Å²) in [6.07, 6.45) is 8.31. The fraction of sp³-hybridized carbons (Fsp3) is 0. The first-order valence-electron chi connectivity index (χ1n) is 4.28. The number of carbonyl (C=O) groups is 2. The first-order chi connectivity index (χ1) is 7.18. The summed E-state index contributed by atoms with van der Waals surface area (Å²) in [7, 11) is 0. The Balaban J connectivity index is 0.000000267. The van der Waals surface area contributed by atoms with Crippen LogP contribution in [0.1, 0.15) is 0 Å². The number of pyridine rings is 1. The van der Waals surface area contributed by atoms with Gasteiger partial charge in [-0.05, 0) is 36.4 Å². The first-order valence-corrected chi connectivity index (χ1v) is 4.28. The number of carbonyl (C=O) groups excluding carboxylic acids is 2. The van der Waals surface area contributed by atoms with E-state index in [4.69, 9.17) is 5.73 Å². The number of hydrogen-bond donors (Lipinski definition) is 1. The molecule has 84 valence electrons. The van der Waals surface area contributed by atoms with E-state index in [0.29, 0.717) is 5.69 Å². The number of nitrogens with zero attached hydrogens (tertiary/aromatic N) is 1. The molecule has 2 N–H and O–H groups in total. The molecule has 0 spiro atoms. The van der Waals surface area contributed by atoms with E-state index in [-0.39, 0.29) is 24.0 Å². The zero-order valence-electron chi connectivity index (χ0n) is 8.37. The topological polar surface area (TPSA) is 73.0 Å². The lowest BCUT2D eigenvalue weighted by Crippen LogP contribution is -1.97. The number of rotatable bonds is 0. The third kappa shape index (κ3) is 5.72. The van der Waals surface area contributed by atoms with Gasteiger partial charge in [0.2, 0.25) is 0 Å². The predicted octanol–water partition coefficient (Wildman–Crippen LogP) is 1.34. The van der Waals surface area contributed by atoms with Crippen molar-refractivity contribution < 1.29 is 9.59 Å². The molecule has 1 aromatic rings. The van der Waals surface area contributed by atoms with Gasteiger partial charge in [0.25, 0.3) is 0 Å². The third-order valence-electron chi connectivity index (χ3n) is 1.51. The Labute approximate surface area is 99.3 Å². The lowest BCUT2D eigenvalue weighted by atomic mass is 10.2. The SMILES string of the molecule is Cl.Nc1cccnc1.O=C1C=CC(=O)C=C1. The molecule has 0 bridgehead atoms. The van der Waals surface area contributed by atoms with Crippen LogP contribution in [0.5, 0.6) is 0 Å². The largest absolute Gasteiger partial charge is 0.397 e. The van der Waals surface area contributed by atoms with E-state index in [1.165, 1.54) is 24.3 Å². The van der Waals surface area contributed by atoms with Gasteiger partial charge in [0.1, 0.15) is 0 Å². The summed E-state index contributed by atoms with van der Waals surface area (Å²) in [6, 6.07) is 3.60. The standard InChI is InChI=1S/C6H4O2.C5H6N2.ClH/c7-5-1-2-6(8)4-3-5;6-5-2-1-3-7-4-5;/h1-4H;1-4H,6H2;1H. The zero-order valence-corrected chi connectivity index (χ0v) is 9.18. The molecule has 0 unspecified atom stereocenters. The number of halogens is 1. The zero-order chi connectivity index (χ0) is 11.1. The number of allylic oxidation sites excluding steroid dienone is 4. The van der Waals surface area contributed by atoms with Crippen molar-refractivity contribution in [1.29, 1.82) is 0 Å². The van der Waals surface area contributed by atoms with Crippen molar-refractivity contribution in [3.8, 4) is 0 Å². The highest BCUT2D eigenvalue weighted by Crippen LogP contribution is 1.92. The molecular formula is C11H11ClN2O2. The second-order valence-electron chi connectivity index (χ2n) is 2.76. The molecule has 1 aliphatic carbocycles. The van der Waals surface area contributed by atoms with Gasteiger partial charge in [-0.2, -0.15) is 0 Å². The van der Waals surface area contributed by atoms with E-state index < -0.39 is 0 Å². The van der Waals surface area contributed by atoms with Gasteiger partial charge in [-0.15, -0.1) is 12.4 Å². The van der Waals surface area contributed by atoms with Crippen molar-refractivity contribution in [3.63, 3.8) is 0 Å². The molecule has 0 saturated carbocycles. The van der Waals surface area contributed by atoms with Gasteiger partial charge in [0, 0.05) is 12.4 Å². The molecule has 0 aliphatic heterocycles. The third-order valence-corrected chi connectivity index (χ3v) is 1.51. The van der Waals surface area contributed by atoms with Crippen molar-refractivity contribution in [2.75, 3.05) is 5.73 Å². The molecule has 0 amide bonds. The van der Waals surface area contributed by atoms with Gasteiger partial charge in [0.05, 0.1) is 5.69 Å². The average Bonchev–Trinajstić information content (AvgIpc) is 2.25. The van der Waals surface area contributed by atoms with Crippen molar-refractivity contribution in [1.82, 2.24) is 4.98 Å². The predicted molar refractivity (Wildman–Crippen MR) is 64.2 cm³/mol. The van der Waals surface area contributed by atoms with Crippen molar-refractivity contribution in [3.05, 3.63) is 48.8 Å². The summed E-state index contributed by atoms with van der Waals surface area (Å²) in [5, 5.41) is 0. The van der Waals surface area contributed by atoms with Gasteiger partial charge in [-0.3, -0.25) is 14.6 Å². The smallest absolute Gasteiger partial charge is 0.178 e. The van der Waals surface area contributed by atoms with Crippen LogP contribution in [-0.2, 0) is 9.59 Å². The number of ketones is 2. The second-order valence-corrected chi connectivity index (χ2v) is 2.76. The molecule has 2 rings (SSSR count). The van der Waals surface area contributed by atoms with E-state index in [1.807, 2.05) is 0 Å². The van der Waals surface area contributed by atoms with E-state index in [2.05, 4.69) is 4.98 Å². The number of nitrogen functional groups attached to an aromatic ring is 1. The van der Waals surface area contributed by atoms with Crippen LogP contribution in [-0.4, -0.2) is 16.6 Å². The summed E-state index contributed by atoms with van der Waals surface area (Å²) in [6.45, 7) is 0. The lowest BCUT2D eigenvalue weighted by molar-refractivity contribution is -0.113. The molecule has 0 aromatic carbocycles. The van der Waals surface area contributed by atoms with Crippen LogP contribution >= 0.6 is 12.4 Å². The molecule has 0 fully saturated rings. The molecule has 0 atom stereocenters. The van der Waals surface area contributed by atoms with Gasteiger partial charge in [-0.1, -0.05) is 0 Å². The highest BCUT2D eigenvalue weighted by Gasteiger charge is 1.97. The summed E-state index contributed by atoms with van der Waals surface area (Å²) in [5.41, 5.74) is 6.01. The molecule has 0 radical (unpaired) electrons. The van der Waals surface area contributed by atoms with Gasteiger partial charge in [0.15, 0.2) is 11.6 Å². The van der Waals surface area contributed by atoms with Crippen LogP contribution in [0.15, 0.2) is 48.8 Å². The Kier molecular flexibility index (Phi) is 6.47. The maximum Gasteiger partial charge on any atom is 0.178 e. The number of anilines is 1. The Morgan fingerprint density at radius 3 is 1.75 bits per heavy atom. The monoisotopic (exact) mass is 238 g/mol. The minimum absolute atomic E-state index is 0. The van der Waals surface area contributed by atoms with Gasteiger partial charge >= 0.3 is 0 Å². The normalized spacial score (nSPS) is 12.5. The number of nitrogens with two attached hydrogens (primary N) is 1. The average molecular weight is 239 g/mol. The Morgan fingerprint density at radius 1 is 1.00 bits per heavy atom. The summed E-state index contributed by atoms with van der Waals surface area (Å²) in [4.78, 5) is 24.3. The van der Waals surface area contributed by atoms with E-state index >= 15 is 0 Å². The number of aromatic nitrogens is 1. The number of hydrogen-bond acceptors (Lipinski definition) is 4. The maximum absolute atomic E-state index is 10.3. The van der Waals surface area contributed by atoms with E-state index in [1.54, 1.807) is 24.5 Å². The molecule has 4 nitrogen and oxygen atoms in total. The van der Waals surface area contributed by atoms with Crippen molar-refractivity contribution >= 4 is 29.7 Å². The second kappa shape index (κ2) is 7.36. The van der Waals surface area contributed by atoms with Crippen LogP contribution in [0.2, 0.25) is 0 Å². The molecule has 16 heavy (non-hydrogen) atoms. The molecule has 5 heteroatoms. The van der Waals surface area contributed by atoms with Gasteiger partial charge in [-0.25, -0.2) is 0 Å². The van der Waals surface area contributed by atoms with Crippen molar-refractivity contribution in [2.45, 2.75) is 0 Å².